The van der Waals surface area contributed by atoms with Gasteiger partial charge in [0.05, 0.1) is 0 Å². The maximum absolute atomic E-state index is 6.23. The minimum absolute atomic E-state index is 0.466. The summed E-state index contributed by atoms with van der Waals surface area (Å²) >= 11 is 8.01. The highest BCUT2D eigenvalue weighted by Crippen LogP contribution is 2.28. The molecule has 0 amide bonds. The Kier molecular flexibility index (Phi) is 4.44. The van der Waals surface area contributed by atoms with Gasteiger partial charge in [-0.25, -0.2) is 0 Å². The maximum Gasteiger partial charge on any atom is 0.0451 e. The zero-order valence-electron chi connectivity index (χ0n) is 11.0. The highest BCUT2D eigenvalue weighted by atomic mass is 35.5. The smallest absolute Gasteiger partial charge is 0.0451 e. The predicted molar refractivity (Wildman–Crippen MR) is 81.5 cm³/mol. The molecule has 96 valence electrons. The van der Waals surface area contributed by atoms with Crippen LogP contribution in [0.25, 0.3) is 11.1 Å². The summed E-state index contributed by atoms with van der Waals surface area (Å²) in [4.78, 5) is 1.34. The van der Waals surface area contributed by atoms with E-state index < -0.39 is 0 Å². The Morgan fingerprint density at radius 1 is 1.22 bits per heavy atom. The second-order valence-corrected chi connectivity index (χ2v) is 6.31. The summed E-state index contributed by atoms with van der Waals surface area (Å²) in [6.07, 6.45) is 0. The zero-order chi connectivity index (χ0) is 13.1. The van der Waals surface area contributed by atoms with Crippen molar-refractivity contribution < 1.29 is 0 Å². The summed E-state index contributed by atoms with van der Waals surface area (Å²) in [7, 11) is 0. The van der Waals surface area contributed by atoms with Gasteiger partial charge in [0.1, 0.15) is 0 Å². The highest BCUT2D eigenvalue weighted by molar-refractivity contribution is 7.10. The van der Waals surface area contributed by atoms with Gasteiger partial charge in [-0.1, -0.05) is 31.5 Å². The van der Waals surface area contributed by atoms with Crippen LogP contribution in [0.2, 0.25) is 5.02 Å². The molecule has 0 unspecified atom stereocenters. The van der Waals surface area contributed by atoms with E-state index in [2.05, 4.69) is 49.7 Å². The second-order valence-electron chi connectivity index (χ2n) is 4.79. The van der Waals surface area contributed by atoms with Gasteiger partial charge in [-0.3, -0.25) is 0 Å². The van der Waals surface area contributed by atoms with Crippen molar-refractivity contribution in [2.45, 2.75) is 33.4 Å². The number of benzene rings is 1. The van der Waals surface area contributed by atoms with Gasteiger partial charge in [0, 0.05) is 22.5 Å². The largest absolute Gasteiger partial charge is 0.310 e. The summed E-state index contributed by atoms with van der Waals surface area (Å²) in [6.45, 7) is 7.22. The Labute approximate surface area is 118 Å². The molecule has 1 aromatic heterocycles. The quantitative estimate of drug-likeness (QED) is 0.841. The van der Waals surface area contributed by atoms with Crippen molar-refractivity contribution in [3.63, 3.8) is 0 Å². The molecule has 1 N–H and O–H groups in total. The lowest BCUT2D eigenvalue weighted by Gasteiger charge is -2.11. The van der Waals surface area contributed by atoms with Crippen molar-refractivity contribution in [2.24, 2.45) is 0 Å². The summed E-state index contributed by atoms with van der Waals surface area (Å²) in [5, 5.41) is 6.43. The molecule has 0 saturated heterocycles. The Balaban J connectivity index is 2.25. The van der Waals surface area contributed by atoms with Crippen molar-refractivity contribution in [2.75, 3.05) is 0 Å². The average Bonchev–Trinajstić information content (AvgIpc) is 2.74. The van der Waals surface area contributed by atoms with E-state index in [0.29, 0.717) is 6.04 Å². The molecule has 0 spiro atoms. The molecule has 0 aliphatic rings. The SMILES string of the molecule is Cc1cc(-c2ccc(Cl)c(CNC(C)C)c2)cs1. The molecule has 3 heteroatoms. The van der Waals surface area contributed by atoms with Gasteiger partial charge >= 0.3 is 0 Å². The van der Waals surface area contributed by atoms with Crippen molar-refractivity contribution >= 4 is 22.9 Å². The fraction of sp³-hybridized carbons (Fsp3) is 0.333. The lowest BCUT2D eigenvalue weighted by Crippen LogP contribution is -2.21. The van der Waals surface area contributed by atoms with Gasteiger partial charge in [-0.2, -0.15) is 0 Å². The van der Waals surface area contributed by atoms with Gasteiger partial charge < -0.3 is 5.32 Å². The molecular formula is C15H18ClNS. The van der Waals surface area contributed by atoms with E-state index in [1.807, 2.05) is 6.07 Å². The number of nitrogens with one attached hydrogen (secondary N) is 1. The van der Waals surface area contributed by atoms with Crippen molar-refractivity contribution in [3.8, 4) is 11.1 Å². The van der Waals surface area contributed by atoms with Gasteiger partial charge in [0.15, 0.2) is 0 Å². The van der Waals surface area contributed by atoms with Crippen LogP contribution >= 0.6 is 22.9 Å². The van der Waals surface area contributed by atoms with Crippen LogP contribution in [0, 0.1) is 6.92 Å². The molecule has 0 aliphatic carbocycles. The summed E-state index contributed by atoms with van der Waals surface area (Å²) in [5.74, 6) is 0. The van der Waals surface area contributed by atoms with E-state index in [4.69, 9.17) is 11.6 Å². The number of hydrogen-bond acceptors (Lipinski definition) is 2. The monoisotopic (exact) mass is 279 g/mol. The Hall–Kier alpha value is -0.830. The van der Waals surface area contributed by atoms with Crippen LogP contribution in [0.4, 0.5) is 0 Å². The summed E-state index contributed by atoms with van der Waals surface area (Å²) in [6, 6.07) is 8.93. The van der Waals surface area contributed by atoms with Crippen molar-refractivity contribution in [1.82, 2.24) is 5.32 Å². The molecule has 2 aromatic rings. The number of hydrogen-bond donors (Lipinski definition) is 1. The molecular weight excluding hydrogens is 262 g/mol. The van der Waals surface area contributed by atoms with Crippen LogP contribution in [0.3, 0.4) is 0 Å². The number of halogens is 1. The molecule has 1 nitrogen and oxygen atoms in total. The van der Waals surface area contributed by atoms with Gasteiger partial charge in [0.2, 0.25) is 0 Å². The van der Waals surface area contributed by atoms with E-state index in [1.54, 1.807) is 11.3 Å². The van der Waals surface area contributed by atoms with E-state index >= 15 is 0 Å². The van der Waals surface area contributed by atoms with E-state index in [0.717, 1.165) is 17.1 Å². The van der Waals surface area contributed by atoms with Gasteiger partial charge in [-0.05, 0) is 47.2 Å². The molecule has 0 fully saturated rings. The third-order valence-electron chi connectivity index (χ3n) is 2.81. The number of rotatable bonds is 4. The standard InChI is InChI=1S/C15H18ClNS/c1-10(2)17-8-13-7-12(4-5-15(13)16)14-6-11(3)18-9-14/h4-7,9-10,17H,8H2,1-3H3. The predicted octanol–water partition coefficient (Wildman–Crippen LogP) is 4.87. The van der Waals surface area contributed by atoms with Gasteiger partial charge in [0.25, 0.3) is 0 Å². The van der Waals surface area contributed by atoms with Crippen LogP contribution < -0.4 is 5.32 Å². The molecule has 0 radical (unpaired) electrons. The fourth-order valence-electron chi connectivity index (χ4n) is 1.80. The van der Waals surface area contributed by atoms with Crippen LogP contribution in [-0.4, -0.2) is 6.04 Å². The van der Waals surface area contributed by atoms with E-state index in [-0.39, 0.29) is 0 Å². The molecule has 0 saturated carbocycles. The Bertz CT molecular complexity index is 531. The number of aryl methyl sites for hydroxylation is 1. The summed E-state index contributed by atoms with van der Waals surface area (Å²) in [5.41, 5.74) is 3.68. The summed E-state index contributed by atoms with van der Waals surface area (Å²) < 4.78 is 0. The van der Waals surface area contributed by atoms with Crippen molar-refractivity contribution in [1.29, 1.82) is 0 Å². The zero-order valence-corrected chi connectivity index (χ0v) is 12.5. The molecule has 0 bridgehead atoms. The topological polar surface area (TPSA) is 12.0 Å². The first-order chi connectivity index (χ1) is 8.56. The maximum atomic E-state index is 6.23. The molecule has 18 heavy (non-hydrogen) atoms. The van der Waals surface area contributed by atoms with E-state index in [9.17, 15) is 0 Å². The number of thiophene rings is 1. The normalized spacial score (nSPS) is 11.2. The van der Waals surface area contributed by atoms with Crippen LogP contribution in [0.5, 0.6) is 0 Å². The third-order valence-corrected chi connectivity index (χ3v) is 4.04. The lowest BCUT2D eigenvalue weighted by molar-refractivity contribution is 0.589. The molecule has 1 heterocycles. The van der Waals surface area contributed by atoms with Crippen LogP contribution in [0.1, 0.15) is 24.3 Å². The minimum Gasteiger partial charge on any atom is -0.310 e. The minimum atomic E-state index is 0.466. The van der Waals surface area contributed by atoms with Gasteiger partial charge in [-0.15, -0.1) is 11.3 Å². The first-order valence-electron chi connectivity index (χ1n) is 6.13. The molecule has 0 aliphatic heterocycles. The first-order valence-corrected chi connectivity index (χ1v) is 7.39. The Morgan fingerprint density at radius 2 is 2.00 bits per heavy atom. The molecule has 1 aromatic carbocycles. The highest BCUT2D eigenvalue weighted by Gasteiger charge is 2.06. The second kappa shape index (κ2) is 5.87. The average molecular weight is 280 g/mol. The fourth-order valence-corrected chi connectivity index (χ4v) is 2.70. The van der Waals surface area contributed by atoms with E-state index in [1.165, 1.54) is 16.0 Å². The Morgan fingerprint density at radius 3 is 2.61 bits per heavy atom. The van der Waals surface area contributed by atoms with Crippen molar-refractivity contribution in [3.05, 3.63) is 45.1 Å². The van der Waals surface area contributed by atoms with Crippen LogP contribution in [-0.2, 0) is 6.54 Å². The first kappa shape index (κ1) is 13.6. The molecule has 0 atom stereocenters. The van der Waals surface area contributed by atoms with Crippen LogP contribution in [0.15, 0.2) is 29.6 Å². The molecule has 2 rings (SSSR count). The third kappa shape index (κ3) is 3.35. The lowest BCUT2D eigenvalue weighted by atomic mass is 10.1.